The third-order valence-corrected chi connectivity index (χ3v) is 2.94. The highest BCUT2D eigenvalue weighted by molar-refractivity contribution is 5.93. The van der Waals surface area contributed by atoms with Crippen molar-refractivity contribution in [2.75, 3.05) is 11.9 Å². The second-order valence-electron chi connectivity index (χ2n) is 4.45. The molecule has 0 radical (unpaired) electrons. The maximum atomic E-state index is 11.4. The maximum absolute atomic E-state index is 11.4. The van der Waals surface area contributed by atoms with Crippen LogP contribution >= 0.6 is 0 Å². The van der Waals surface area contributed by atoms with E-state index in [1.165, 1.54) is 0 Å². The molecule has 20 heavy (non-hydrogen) atoms. The van der Waals surface area contributed by atoms with Crippen LogP contribution in [0.15, 0.2) is 42.7 Å². The van der Waals surface area contributed by atoms with Gasteiger partial charge in [0.25, 0.3) is 0 Å². The second-order valence-corrected chi connectivity index (χ2v) is 4.45. The number of anilines is 1. The Labute approximate surface area is 116 Å². The van der Waals surface area contributed by atoms with E-state index in [0.717, 1.165) is 5.56 Å². The monoisotopic (exact) mass is 270 g/mol. The number of amides is 1. The fourth-order valence-corrected chi connectivity index (χ4v) is 1.93. The van der Waals surface area contributed by atoms with E-state index in [1.807, 2.05) is 18.2 Å². The molecule has 0 saturated carbocycles. The molecule has 2 heterocycles. The van der Waals surface area contributed by atoms with E-state index in [4.69, 9.17) is 9.47 Å². The Bertz CT molecular complexity index is 614. The van der Waals surface area contributed by atoms with Crippen molar-refractivity contribution in [1.82, 2.24) is 4.98 Å². The van der Waals surface area contributed by atoms with Gasteiger partial charge in [-0.2, -0.15) is 0 Å². The Morgan fingerprint density at radius 2 is 2.30 bits per heavy atom. The fourth-order valence-electron chi connectivity index (χ4n) is 1.93. The number of hydrogen-bond acceptors (Lipinski definition) is 4. The molecule has 0 unspecified atom stereocenters. The molecule has 1 aliphatic rings. The first-order valence-corrected chi connectivity index (χ1v) is 6.40. The van der Waals surface area contributed by atoms with Gasteiger partial charge in [-0.05, 0) is 18.2 Å². The highest BCUT2D eigenvalue weighted by Crippen LogP contribution is 2.31. The first kappa shape index (κ1) is 12.5. The first-order valence-electron chi connectivity index (χ1n) is 6.40. The van der Waals surface area contributed by atoms with Crippen molar-refractivity contribution in [3.05, 3.63) is 48.3 Å². The van der Waals surface area contributed by atoms with Gasteiger partial charge in [-0.25, -0.2) is 0 Å². The minimum absolute atomic E-state index is 0.0345. The molecule has 1 aromatic heterocycles. The van der Waals surface area contributed by atoms with Crippen LogP contribution in [0.2, 0.25) is 0 Å². The van der Waals surface area contributed by atoms with Gasteiger partial charge in [0, 0.05) is 24.0 Å². The van der Waals surface area contributed by atoms with Crippen molar-refractivity contribution >= 4 is 11.6 Å². The highest BCUT2D eigenvalue weighted by Gasteiger charge is 2.14. The summed E-state index contributed by atoms with van der Waals surface area (Å²) >= 11 is 0. The molecule has 5 heteroatoms. The zero-order valence-corrected chi connectivity index (χ0v) is 10.8. The molecule has 2 aromatic rings. The minimum Gasteiger partial charge on any atom is -0.491 e. The van der Waals surface area contributed by atoms with E-state index in [-0.39, 0.29) is 5.91 Å². The molecule has 1 amide bonds. The maximum Gasteiger partial charge on any atom is 0.227 e. The number of nitrogens with zero attached hydrogens (tertiary/aromatic N) is 1. The Hall–Kier alpha value is -2.56. The van der Waals surface area contributed by atoms with Gasteiger partial charge in [0.2, 0.25) is 5.91 Å². The molecule has 0 fully saturated rings. The van der Waals surface area contributed by atoms with E-state index in [9.17, 15) is 4.79 Å². The molecule has 0 spiro atoms. The van der Waals surface area contributed by atoms with Gasteiger partial charge in [-0.1, -0.05) is 6.07 Å². The van der Waals surface area contributed by atoms with Crippen LogP contribution in [0.5, 0.6) is 11.5 Å². The van der Waals surface area contributed by atoms with Crippen LogP contribution in [0.3, 0.4) is 0 Å². The molecule has 0 saturated heterocycles. The van der Waals surface area contributed by atoms with Crippen molar-refractivity contribution in [1.29, 1.82) is 0 Å². The molecular weight excluding hydrogens is 256 g/mol. The Balaban J connectivity index is 1.72. The van der Waals surface area contributed by atoms with Gasteiger partial charge in [-0.15, -0.1) is 0 Å². The molecule has 0 atom stereocenters. The molecular formula is C15H14N2O3. The smallest absolute Gasteiger partial charge is 0.227 e. The Morgan fingerprint density at radius 1 is 1.35 bits per heavy atom. The quantitative estimate of drug-likeness (QED) is 0.930. The molecule has 102 valence electrons. The largest absolute Gasteiger partial charge is 0.491 e. The number of rotatable bonds is 3. The molecule has 0 aliphatic carbocycles. The van der Waals surface area contributed by atoms with E-state index >= 15 is 0 Å². The van der Waals surface area contributed by atoms with Gasteiger partial charge in [0.05, 0.1) is 18.7 Å². The Kier molecular flexibility index (Phi) is 3.50. The number of benzene rings is 1. The number of pyridine rings is 1. The fraction of sp³-hybridized carbons (Fsp3) is 0.200. The summed E-state index contributed by atoms with van der Waals surface area (Å²) in [6.45, 7) is 0.823. The molecule has 0 bridgehead atoms. The summed E-state index contributed by atoms with van der Waals surface area (Å²) in [5.41, 5.74) is 1.68. The van der Waals surface area contributed by atoms with Crippen LogP contribution in [-0.4, -0.2) is 17.5 Å². The second kappa shape index (κ2) is 5.61. The number of hydrogen-bond donors (Lipinski definition) is 1. The molecule has 3 rings (SSSR count). The third-order valence-electron chi connectivity index (χ3n) is 2.94. The van der Waals surface area contributed by atoms with Crippen molar-refractivity contribution < 1.29 is 14.3 Å². The molecule has 1 aliphatic heterocycles. The van der Waals surface area contributed by atoms with Gasteiger partial charge in [0.1, 0.15) is 18.1 Å². The lowest BCUT2D eigenvalue weighted by Crippen LogP contribution is -2.10. The van der Waals surface area contributed by atoms with Gasteiger partial charge < -0.3 is 14.8 Å². The minimum atomic E-state index is -0.0345. The topological polar surface area (TPSA) is 60.5 Å². The van der Waals surface area contributed by atoms with Gasteiger partial charge in [-0.3, -0.25) is 9.78 Å². The molecule has 1 aromatic carbocycles. The highest BCUT2D eigenvalue weighted by atomic mass is 16.5. The summed E-state index contributed by atoms with van der Waals surface area (Å²) in [6, 6.07) is 9.21. The number of carbonyl (C=O) groups excluding carboxylic acids is 1. The third kappa shape index (κ3) is 2.88. The van der Waals surface area contributed by atoms with Crippen LogP contribution in [0.4, 0.5) is 5.69 Å². The van der Waals surface area contributed by atoms with Crippen molar-refractivity contribution in [3.63, 3.8) is 0 Å². The summed E-state index contributed by atoms with van der Waals surface area (Å²) in [5, 5.41) is 2.79. The van der Waals surface area contributed by atoms with Crippen LogP contribution in [0, 0.1) is 0 Å². The predicted octanol–water partition coefficient (Wildman–Crippen LogP) is 2.38. The Morgan fingerprint density at radius 3 is 3.15 bits per heavy atom. The van der Waals surface area contributed by atoms with Gasteiger partial charge >= 0.3 is 0 Å². The van der Waals surface area contributed by atoms with E-state index in [2.05, 4.69) is 10.3 Å². The standard InChI is InChI=1S/C15H14N2O3/c18-15-5-7-19-14-8-12(3-4-13(14)17-15)20-10-11-2-1-6-16-9-11/h1-4,6,8-9H,5,7,10H2,(H,17,18). The summed E-state index contributed by atoms with van der Waals surface area (Å²) in [7, 11) is 0. The van der Waals surface area contributed by atoms with Crippen molar-refractivity contribution in [3.8, 4) is 11.5 Å². The summed E-state index contributed by atoms with van der Waals surface area (Å²) < 4.78 is 11.2. The van der Waals surface area contributed by atoms with E-state index < -0.39 is 0 Å². The van der Waals surface area contributed by atoms with Crippen molar-refractivity contribution in [2.45, 2.75) is 13.0 Å². The van der Waals surface area contributed by atoms with Gasteiger partial charge in [0.15, 0.2) is 0 Å². The zero-order chi connectivity index (χ0) is 13.8. The lowest BCUT2D eigenvalue weighted by molar-refractivity contribution is -0.116. The van der Waals surface area contributed by atoms with Crippen LogP contribution < -0.4 is 14.8 Å². The number of ether oxygens (including phenoxy) is 2. The summed E-state index contributed by atoms with van der Waals surface area (Å²) in [4.78, 5) is 15.4. The molecule has 5 nitrogen and oxygen atoms in total. The average Bonchev–Trinajstić information content (AvgIpc) is 2.66. The molecule has 1 N–H and O–H groups in total. The lowest BCUT2D eigenvalue weighted by Gasteiger charge is -2.10. The number of carbonyl (C=O) groups is 1. The van der Waals surface area contributed by atoms with E-state index in [0.29, 0.717) is 36.8 Å². The van der Waals surface area contributed by atoms with Crippen molar-refractivity contribution in [2.24, 2.45) is 0 Å². The number of aromatic nitrogens is 1. The first-order chi connectivity index (χ1) is 9.81. The van der Waals surface area contributed by atoms with E-state index in [1.54, 1.807) is 24.5 Å². The average molecular weight is 270 g/mol. The predicted molar refractivity (Wildman–Crippen MR) is 73.8 cm³/mol. The summed E-state index contributed by atoms with van der Waals surface area (Å²) in [6.07, 6.45) is 3.85. The lowest BCUT2D eigenvalue weighted by atomic mass is 10.2. The zero-order valence-electron chi connectivity index (χ0n) is 10.8. The van der Waals surface area contributed by atoms with Crippen LogP contribution in [0.25, 0.3) is 0 Å². The van der Waals surface area contributed by atoms with Crippen LogP contribution in [-0.2, 0) is 11.4 Å². The normalized spacial score (nSPS) is 13.7. The number of nitrogens with one attached hydrogen (secondary N) is 1. The summed E-state index contributed by atoms with van der Waals surface area (Å²) in [5.74, 6) is 1.30. The van der Waals surface area contributed by atoms with Crippen LogP contribution in [0.1, 0.15) is 12.0 Å². The number of fused-ring (bicyclic) bond motifs is 1. The SMILES string of the molecule is O=C1CCOc2cc(OCc3cccnc3)ccc2N1.